The molecule has 3 rings (SSSR count). The van der Waals surface area contributed by atoms with Gasteiger partial charge >= 0.3 is 0 Å². The van der Waals surface area contributed by atoms with Crippen LogP contribution in [-0.4, -0.2) is 12.0 Å². The molecule has 28 heavy (non-hydrogen) atoms. The number of nitrogens with zero attached hydrogens (tertiary/aromatic N) is 1. The zero-order chi connectivity index (χ0) is 19.9. The zero-order valence-electron chi connectivity index (χ0n) is 15.9. The van der Waals surface area contributed by atoms with E-state index in [1.165, 1.54) is 16.7 Å². The second-order valence-corrected chi connectivity index (χ2v) is 8.53. The molecular weight excluding hydrogens is 480 g/mol. The van der Waals surface area contributed by atoms with Gasteiger partial charge in [0.1, 0.15) is 5.75 Å². The molecule has 3 aromatic carbocycles. The quantitative estimate of drug-likeness (QED) is 0.417. The molecule has 5 heteroatoms. The first kappa shape index (κ1) is 21.1. The number of halogens is 2. The smallest absolute Gasteiger partial charge is 0.133 e. The van der Waals surface area contributed by atoms with Crippen molar-refractivity contribution in [1.82, 2.24) is 4.90 Å². The fraction of sp³-hybridized carbons (Fsp3) is 0.217. The van der Waals surface area contributed by atoms with Crippen molar-refractivity contribution in [1.29, 1.82) is 0 Å². The van der Waals surface area contributed by atoms with Crippen LogP contribution in [0.3, 0.4) is 0 Å². The van der Waals surface area contributed by atoms with Gasteiger partial charge in [-0.05, 0) is 62.4 Å². The molecule has 0 unspecified atom stereocenters. The van der Waals surface area contributed by atoms with Crippen molar-refractivity contribution in [3.05, 3.63) is 97.9 Å². The molecule has 0 atom stereocenters. The fourth-order valence-corrected chi connectivity index (χ4v) is 4.20. The molecule has 0 saturated carbocycles. The van der Waals surface area contributed by atoms with Gasteiger partial charge in [-0.2, -0.15) is 0 Å². The Bertz CT molecular complexity index is 913. The highest BCUT2D eigenvalue weighted by Gasteiger charge is 2.11. The van der Waals surface area contributed by atoms with Crippen molar-refractivity contribution >= 4 is 31.9 Å². The summed E-state index contributed by atoms with van der Waals surface area (Å²) in [6.07, 6.45) is 0. The average Bonchev–Trinajstić information content (AvgIpc) is 2.69. The van der Waals surface area contributed by atoms with Crippen LogP contribution in [0.2, 0.25) is 0 Å². The highest BCUT2D eigenvalue weighted by Crippen LogP contribution is 2.27. The summed E-state index contributed by atoms with van der Waals surface area (Å²) in [5, 5.41) is 0. The minimum absolute atomic E-state index is 0.571. The molecule has 3 nitrogen and oxygen atoms in total. The number of ether oxygens (including phenoxy) is 1. The molecule has 0 aromatic heterocycles. The lowest BCUT2D eigenvalue weighted by Crippen LogP contribution is -2.22. The highest BCUT2D eigenvalue weighted by molar-refractivity contribution is 9.10. The third kappa shape index (κ3) is 5.92. The summed E-state index contributed by atoms with van der Waals surface area (Å²) < 4.78 is 7.43. The molecule has 0 amide bonds. The van der Waals surface area contributed by atoms with Crippen LogP contribution in [0.5, 0.6) is 5.75 Å². The average molecular weight is 504 g/mol. The third-order valence-corrected chi connectivity index (χ3v) is 5.70. The highest BCUT2D eigenvalue weighted by atomic mass is 79.9. The monoisotopic (exact) mass is 502 g/mol. The first-order chi connectivity index (χ1) is 13.6. The molecular formula is C23H24Br2N2O. The molecule has 0 heterocycles. The number of rotatable bonds is 8. The lowest BCUT2D eigenvalue weighted by atomic mass is 10.1. The standard InChI is InChI=1S/C23H24Br2N2O/c1-28-23-10-9-20(12-22(23)25)16-27(15-19-3-2-4-21(24)11-19)14-18-7-5-17(13-26)6-8-18/h2-12H,13-16,26H2,1H3. The van der Waals surface area contributed by atoms with Crippen molar-refractivity contribution in [3.8, 4) is 5.75 Å². The Morgan fingerprint density at radius 3 is 2.00 bits per heavy atom. The minimum Gasteiger partial charge on any atom is -0.496 e. The summed E-state index contributed by atoms with van der Waals surface area (Å²) >= 11 is 7.17. The number of methoxy groups -OCH3 is 1. The largest absolute Gasteiger partial charge is 0.496 e. The molecule has 0 aliphatic heterocycles. The zero-order valence-corrected chi connectivity index (χ0v) is 19.0. The van der Waals surface area contributed by atoms with Gasteiger partial charge in [-0.15, -0.1) is 0 Å². The predicted molar refractivity (Wildman–Crippen MR) is 122 cm³/mol. The molecule has 0 aliphatic carbocycles. The van der Waals surface area contributed by atoms with E-state index < -0.39 is 0 Å². The van der Waals surface area contributed by atoms with Crippen molar-refractivity contribution in [2.75, 3.05) is 7.11 Å². The maximum absolute atomic E-state index is 5.73. The van der Waals surface area contributed by atoms with Crippen LogP contribution in [0, 0.1) is 0 Å². The van der Waals surface area contributed by atoms with E-state index in [9.17, 15) is 0 Å². The third-order valence-electron chi connectivity index (χ3n) is 4.58. The minimum atomic E-state index is 0.571. The lowest BCUT2D eigenvalue weighted by molar-refractivity contribution is 0.247. The van der Waals surface area contributed by atoms with Gasteiger partial charge in [0, 0.05) is 30.7 Å². The fourth-order valence-electron chi connectivity index (χ4n) is 3.17. The van der Waals surface area contributed by atoms with Gasteiger partial charge < -0.3 is 10.5 Å². The topological polar surface area (TPSA) is 38.5 Å². The van der Waals surface area contributed by atoms with E-state index in [0.29, 0.717) is 6.54 Å². The summed E-state index contributed by atoms with van der Waals surface area (Å²) in [4.78, 5) is 2.44. The summed E-state index contributed by atoms with van der Waals surface area (Å²) in [7, 11) is 1.68. The molecule has 146 valence electrons. The van der Waals surface area contributed by atoms with Crippen molar-refractivity contribution in [3.63, 3.8) is 0 Å². The van der Waals surface area contributed by atoms with Crippen LogP contribution in [0.4, 0.5) is 0 Å². The molecule has 0 radical (unpaired) electrons. The second-order valence-electron chi connectivity index (χ2n) is 6.76. The van der Waals surface area contributed by atoms with Crippen LogP contribution in [0.15, 0.2) is 75.7 Å². The Labute approximate surface area is 183 Å². The molecule has 0 bridgehead atoms. The van der Waals surface area contributed by atoms with Gasteiger partial charge in [-0.25, -0.2) is 0 Å². The maximum Gasteiger partial charge on any atom is 0.133 e. The van der Waals surface area contributed by atoms with E-state index in [4.69, 9.17) is 10.5 Å². The van der Waals surface area contributed by atoms with Gasteiger partial charge in [-0.3, -0.25) is 4.90 Å². The van der Waals surface area contributed by atoms with Crippen molar-refractivity contribution in [2.45, 2.75) is 26.2 Å². The molecule has 3 aromatic rings. The summed E-state index contributed by atoms with van der Waals surface area (Å²) in [6, 6.07) is 23.3. The Morgan fingerprint density at radius 1 is 0.786 bits per heavy atom. The van der Waals surface area contributed by atoms with E-state index in [-0.39, 0.29) is 0 Å². The van der Waals surface area contributed by atoms with Crippen LogP contribution in [0.1, 0.15) is 22.3 Å². The second kappa shape index (κ2) is 10.2. The van der Waals surface area contributed by atoms with Gasteiger partial charge in [0.15, 0.2) is 0 Å². The van der Waals surface area contributed by atoms with E-state index in [0.717, 1.165) is 39.9 Å². The van der Waals surface area contributed by atoms with Crippen LogP contribution < -0.4 is 10.5 Å². The van der Waals surface area contributed by atoms with E-state index in [1.54, 1.807) is 7.11 Å². The predicted octanol–water partition coefficient (Wildman–Crippen LogP) is 5.88. The van der Waals surface area contributed by atoms with Crippen molar-refractivity contribution in [2.24, 2.45) is 5.73 Å². The number of benzene rings is 3. The number of hydrogen-bond donors (Lipinski definition) is 1. The molecule has 0 fully saturated rings. The van der Waals surface area contributed by atoms with Crippen LogP contribution in [0.25, 0.3) is 0 Å². The maximum atomic E-state index is 5.73. The normalized spacial score (nSPS) is 11.0. The summed E-state index contributed by atoms with van der Waals surface area (Å²) in [5.41, 5.74) is 10.7. The Kier molecular flexibility index (Phi) is 7.68. The van der Waals surface area contributed by atoms with E-state index in [2.05, 4.69) is 97.4 Å². The molecule has 0 spiro atoms. The van der Waals surface area contributed by atoms with E-state index >= 15 is 0 Å². The molecule has 2 N–H and O–H groups in total. The Hall–Kier alpha value is -1.66. The first-order valence-electron chi connectivity index (χ1n) is 9.14. The van der Waals surface area contributed by atoms with Gasteiger partial charge in [0.05, 0.1) is 11.6 Å². The van der Waals surface area contributed by atoms with Gasteiger partial charge in [0.2, 0.25) is 0 Å². The Morgan fingerprint density at radius 2 is 1.39 bits per heavy atom. The summed E-state index contributed by atoms with van der Waals surface area (Å²) in [6.45, 7) is 3.14. The number of nitrogens with two attached hydrogens (primary N) is 1. The van der Waals surface area contributed by atoms with Crippen molar-refractivity contribution < 1.29 is 4.74 Å². The van der Waals surface area contributed by atoms with Crippen LogP contribution >= 0.6 is 31.9 Å². The number of hydrogen-bond acceptors (Lipinski definition) is 3. The molecule has 0 aliphatic rings. The summed E-state index contributed by atoms with van der Waals surface area (Å²) in [5.74, 6) is 0.847. The molecule has 0 saturated heterocycles. The lowest BCUT2D eigenvalue weighted by Gasteiger charge is -2.23. The SMILES string of the molecule is COc1ccc(CN(Cc2ccc(CN)cc2)Cc2cccc(Br)c2)cc1Br. The van der Waals surface area contributed by atoms with Crippen LogP contribution in [-0.2, 0) is 26.2 Å². The first-order valence-corrected chi connectivity index (χ1v) is 10.7. The Balaban J connectivity index is 1.81. The van der Waals surface area contributed by atoms with Gasteiger partial charge in [-0.1, -0.05) is 58.4 Å². The van der Waals surface area contributed by atoms with Gasteiger partial charge in [0.25, 0.3) is 0 Å². The van der Waals surface area contributed by atoms with E-state index in [1.807, 2.05) is 6.07 Å².